The third-order valence-electron chi connectivity index (χ3n) is 3.56. The van der Waals surface area contributed by atoms with Gasteiger partial charge in [-0.05, 0) is 40.2 Å². The van der Waals surface area contributed by atoms with Gasteiger partial charge >= 0.3 is 0 Å². The minimum atomic E-state index is -0.392. The van der Waals surface area contributed by atoms with E-state index >= 15 is 0 Å². The SMILES string of the molecule is CNC(=O)c1cn(Cc2cccc(Br)n2)c2ccccc2c1=O.CO. The van der Waals surface area contributed by atoms with Gasteiger partial charge in [0.25, 0.3) is 5.91 Å². The first kappa shape index (κ1) is 18.8. The Kier molecular flexibility index (Phi) is 6.44. The predicted molar refractivity (Wildman–Crippen MR) is 101 cm³/mol. The average molecular weight is 404 g/mol. The van der Waals surface area contributed by atoms with Gasteiger partial charge in [0.15, 0.2) is 0 Å². The van der Waals surface area contributed by atoms with Crippen LogP contribution in [-0.4, -0.2) is 34.7 Å². The molecule has 0 bridgehead atoms. The molecule has 0 fully saturated rings. The molecular formula is C18H18BrN3O3. The molecule has 1 aromatic carbocycles. The number of hydrogen-bond acceptors (Lipinski definition) is 4. The molecule has 25 heavy (non-hydrogen) atoms. The maximum absolute atomic E-state index is 12.5. The van der Waals surface area contributed by atoms with E-state index in [1.54, 1.807) is 18.3 Å². The molecule has 0 unspecified atom stereocenters. The first-order valence-corrected chi connectivity index (χ1v) is 8.30. The lowest BCUT2D eigenvalue weighted by molar-refractivity contribution is 0.0961. The van der Waals surface area contributed by atoms with Crippen LogP contribution in [0.2, 0.25) is 0 Å². The molecule has 3 rings (SSSR count). The number of benzene rings is 1. The van der Waals surface area contributed by atoms with Gasteiger partial charge in [0, 0.05) is 25.7 Å². The van der Waals surface area contributed by atoms with Crippen LogP contribution in [0.4, 0.5) is 0 Å². The number of aliphatic hydroxyl groups excluding tert-OH is 1. The van der Waals surface area contributed by atoms with Crippen LogP contribution in [-0.2, 0) is 6.54 Å². The molecule has 1 amide bonds. The standard InChI is InChI=1S/C17H14BrN3O2.CH4O/c1-19-17(23)13-10-21(9-11-5-4-8-15(18)20-11)14-7-3-2-6-12(14)16(13)22;1-2/h2-8,10H,9H2,1H3,(H,19,23);2H,1H3. The molecule has 0 aliphatic heterocycles. The van der Waals surface area contributed by atoms with E-state index in [2.05, 4.69) is 26.2 Å². The van der Waals surface area contributed by atoms with Gasteiger partial charge in [-0.15, -0.1) is 0 Å². The van der Waals surface area contributed by atoms with E-state index in [0.29, 0.717) is 11.9 Å². The van der Waals surface area contributed by atoms with Gasteiger partial charge < -0.3 is 15.0 Å². The Hall–Kier alpha value is -2.51. The van der Waals surface area contributed by atoms with E-state index in [4.69, 9.17) is 5.11 Å². The molecule has 0 aliphatic rings. The highest BCUT2D eigenvalue weighted by atomic mass is 79.9. The smallest absolute Gasteiger partial charge is 0.256 e. The summed E-state index contributed by atoms with van der Waals surface area (Å²) in [5.74, 6) is -0.392. The monoisotopic (exact) mass is 403 g/mol. The summed E-state index contributed by atoms with van der Waals surface area (Å²) in [7, 11) is 2.51. The van der Waals surface area contributed by atoms with Crippen LogP contribution in [0.25, 0.3) is 10.9 Å². The number of nitrogens with zero attached hydrogens (tertiary/aromatic N) is 2. The van der Waals surface area contributed by atoms with Gasteiger partial charge in [0.1, 0.15) is 10.2 Å². The first-order chi connectivity index (χ1) is 12.1. The van der Waals surface area contributed by atoms with Crippen molar-refractivity contribution in [3.05, 3.63) is 74.7 Å². The third kappa shape index (κ3) is 4.12. The predicted octanol–water partition coefficient (Wildman–Crippen LogP) is 2.18. The fourth-order valence-corrected chi connectivity index (χ4v) is 2.87. The van der Waals surface area contributed by atoms with Gasteiger partial charge in [0.05, 0.1) is 17.8 Å². The summed E-state index contributed by atoms with van der Waals surface area (Å²) in [6.45, 7) is 0.463. The maximum Gasteiger partial charge on any atom is 0.256 e. The number of aromatic nitrogens is 2. The van der Waals surface area contributed by atoms with Crippen molar-refractivity contribution in [1.29, 1.82) is 0 Å². The topological polar surface area (TPSA) is 84.2 Å². The normalized spacial score (nSPS) is 10.1. The second-order valence-corrected chi connectivity index (χ2v) is 5.86. The molecule has 0 atom stereocenters. The molecule has 7 heteroatoms. The lowest BCUT2D eigenvalue weighted by Crippen LogP contribution is -2.27. The van der Waals surface area contributed by atoms with Crippen LogP contribution in [0.15, 0.2) is 58.1 Å². The van der Waals surface area contributed by atoms with Crippen molar-refractivity contribution in [3.63, 3.8) is 0 Å². The van der Waals surface area contributed by atoms with E-state index in [1.807, 2.05) is 34.9 Å². The highest BCUT2D eigenvalue weighted by Gasteiger charge is 2.14. The maximum atomic E-state index is 12.5. The van der Waals surface area contributed by atoms with Crippen molar-refractivity contribution in [2.45, 2.75) is 6.54 Å². The number of para-hydroxylation sites is 1. The van der Waals surface area contributed by atoms with Gasteiger partial charge in [-0.2, -0.15) is 0 Å². The third-order valence-corrected chi connectivity index (χ3v) is 4.01. The molecule has 3 aromatic rings. The van der Waals surface area contributed by atoms with Gasteiger partial charge in [0.2, 0.25) is 5.43 Å². The van der Waals surface area contributed by atoms with Crippen molar-refractivity contribution in [1.82, 2.24) is 14.9 Å². The molecule has 0 spiro atoms. The number of carbonyl (C=O) groups excluding carboxylic acids is 1. The van der Waals surface area contributed by atoms with Crippen molar-refractivity contribution in [3.8, 4) is 0 Å². The van der Waals surface area contributed by atoms with Gasteiger partial charge in [-0.25, -0.2) is 4.98 Å². The Balaban J connectivity index is 0.00000109. The fraction of sp³-hybridized carbons (Fsp3) is 0.167. The minimum Gasteiger partial charge on any atom is -0.400 e. The summed E-state index contributed by atoms with van der Waals surface area (Å²) in [5.41, 5.74) is 1.46. The molecule has 2 N–H and O–H groups in total. The number of amides is 1. The van der Waals surface area contributed by atoms with Crippen LogP contribution in [0.3, 0.4) is 0 Å². The Morgan fingerprint density at radius 2 is 1.92 bits per heavy atom. The molecule has 2 aromatic heterocycles. The van der Waals surface area contributed by atoms with E-state index < -0.39 is 5.91 Å². The number of fused-ring (bicyclic) bond motifs is 1. The molecule has 6 nitrogen and oxygen atoms in total. The molecule has 0 radical (unpaired) electrons. The summed E-state index contributed by atoms with van der Waals surface area (Å²) < 4.78 is 2.61. The Morgan fingerprint density at radius 3 is 2.60 bits per heavy atom. The second kappa shape index (κ2) is 8.55. The molecule has 2 heterocycles. The zero-order chi connectivity index (χ0) is 18.4. The Labute approximate surface area is 153 Å². The largest absolute Gasteiger partial charge is 0.400 e. The summed E-state index contributed by atoms with van der Waals surface area (Å²) >= 11 is 3.35. The Bertz CT molecular complexity index is 954. The average Bonchev–Trinajstić information content (AvgIpc) is 2.65. The van der Waals surface area contributed by atoms with E-state index in [9.17, 15) is 9.59 Å². The zero-order valence-electron chi connectivity index (χ0n) is 13.9. The minimum absolute atomic E-state index is 0.126. The number of rotatable bonds is 3. The number of hydrogen-bond donors (Lipinski definition) is 2. The summed E-state index contributed by atoms with van der Waals surface area (Å²) in [6, 6.07) is 12.9. The van der Waals surface area contributed by atoms with Crippen LogP contribution in [0.5, 0.6) is 0 Å². The number of halogens is 1. The lowest BCUT2D eigenvalue weighted by atomic mass is 10.1. The van der Waals surface area contributed by atoms with Gasteiger partial charge in [-0.1, -0.05) is 18.2 Å². The van der Waals surface area contributed by atoms with E-state index in [1.165, 1.54) is 7.05 Å². The van der Waals surface area contributed by atoms with Crippen molar-refractivity contribution < 1.29 is 9.90 Å². The molecular weight excluding hydrogens is 386 g/mol. The van der Waals surface area contributed by atoms with E-state index in [-0.39, 0.29) is 11.0 Å². The molecule has 130 valence electrons. The number of nitrogens with one attached hydrogen (secondary N) is 1. The number of carbonyl (C=O) groups is 1. The van der Waals surface area contributed by atoms with Crippen LogP contribution in [0, 0.1) is 0 Å². The van der Waals surface area contributed by atoms with E-state index in [0.717, 1.165) is 22.9 Å². The lowest BCUT2D eigenvalue weighted by Gasteiger charge is -2.13. The van der Waals surface area contributed by atoms with Crippen molar-refractivity contribution >= 4 is 32.7 Å². The summed E-state index contributed by atoms with van der Waals surface area (Å²) in [6.07, 6.45) is 1.59. The highest BCUT2D eigenvalue weighted by Crippen LogP contribution is 2.14. The summed E-state index contributed by atoms with van der Waals surface area (Å²) in [4.78, 5) is 28.9. The van der Waals surface area contributed by atoms with Crippen LogP contribution in [0.1, 0.15) is 16.1 Å². The first-order valence-electron chi connectivity index (χ1n) is 7.50. The number of aliphatic hydroxyl groups is 1. The number of pyridine rings is 2. The highest BCUT2D eigenvalue weighted by molar-refractivity contribution is 9.10. The molecule has 0 saturated heterocycles. The van der Waals surface area contributed by atoms with Crippen molar-refractivity contribution in [2.24, 2.45) is 0 Å². The molecule has 0 saturated carbocycles. The molecule has 0 aliphatic carbocycles. The van der Waals surface area contributed by atoms with Crippen LogP contribution >= 0.6 is 15.9 Å². The zero-order valence-corrected chi connectivity index (χ0v) is 15.4. The van der Waals surface area contributed by atoms with Crippen molar-refractivity contribution in [2.75, 3.05) is 14.2 Å². The summed E-state index contributed by atoms with van der Waals surface area (Å²) in [5, 5.41) is 10.0. The van der Waals surface area contributed by atoms with Gasteiger partial charge in [-0.3, -0.25) is 9.59 Å². The van der Waals surface area contributed by atoms with Crippen LogP contribution < -0.4 is 10.7 Å². The quantitative estimate of drug-likeness (QED) is 0.656. The fourth-order valence-electron chi connectivity index (χ4n) is 2.49. The Morgan fingerprint density at radius 1 is 1.20 bits per heavy atom. The second-order valence-electron chi connectivity index (χ2n) is 5.05.